The predicted molar refractivity (Wildman–Crippen MR) is 143 cm³/mol. The molecule has 2 heterocycles. The second kappa shape index (κ2) is 10.6. The number of hydrogen-bond donors (Lipinski definition) is 5. The topological polar surface area (TPSA) is 127 Å². The molecule has 38 heavy (non-hydrogen) atoms. The van der Waals surface area contributed by atoms with Crippen molar-refractivity contribution in [3.05, 3.63) is 64.7 Å². The highest BCUT2D eigenvalue weighted by molar-refractivity contribution is 5.99. The summed E-state index contributed by atoms with van der Waals surface area (Å²) in [5, 5.41) is 37.2. The number of aliphatic hydroxyl groups excluding tert-OH is 2. The van der Waals surface area contributed by atoms with Gasteiger partial charge in [-0.2, -0.15) is 0 Å². The van der Waals surface area contributed by atoms with E-state index >= 15 is 0 Å². The van der Waals surface area contributed by atoms with Gasteiger partial charge < -0.3 is 25.0 Å². The van der Waals surface area contributed by atoms with Gasteiger partial charge in [-0.1, -0.05) is 44.2 Å². The number of carbonyl (C=O) groups excluding carboxylic acids is 1. The maximum atomic E-state index is 13.6. The monoisotopic (exact) mass is 522 g/mol. The third kappa shape index (κ3) is 4.68. The van der Waals surface area contributed by atoms with Crippen LogP contribution in [0, 0.1) is 11.3 Å². The van der Waals surface area contributed by atoms with Crippen molar-refractivity contribution in [1.29, 1.82) is 5.41 Å². The number of guanidine groups is 1. The summed E-state index contributed by atoms with van der Waals surface area (Å²) in [4.78, 5) is 15.1. The Morgan fingerprint density at radius 1 is 1.24 bits per heavy atom. The zero-order valence-corrected chi connectivity index (χ0v) is 22.2. The van der Waals surface area contributed by atoms with E-state index in [-0.39, 0.29) is 17.8 Å². The zero-order valence-electron chi connectivity index (χ0n) is 22.2. The van der Waals surface area contributed by atoms with E-state index in [2.05, 4.69) is 10.6 Å². The SMILES string of the molecule is CCC1(CC)CC(=O)N([C@H]2c3cc(C(O)N[C@@H]4c5ccccc5C[C@H]4O)ccc3OC[C@H]2COC)C(=N)N1. The number of ether oxygens (including phenoxy) is 2. The zero-order chi connectivity index (χ0) is 27.0. The van der Waals surface area contributed by atoms with Crippen molar-refractivity contribution in [2.24, 2.45) is 5.92 Å². The van der Waals surface area contributed by atoms with Gasteiger partial charge in [0.1, 0.15) is 12.0 Å². The standard InChI is InChI=1S/C29H38N4O5/c1-4-29(5-2)14-24(35)33(28(30)32-29)26-19(15-37-3)16-38-23-11-10-18(12-21(23)26)27(36)31-25-20-9-7-6-8-17(20)13-22(25)34/h6-12,19,22,25-27,31,34,36H,4-5,13-16H2,1-3H3,(H2,30,32)/t19-,22-,25-,26-,27?/m1/s1. The molecule has 1 unspecified atom stereocenters. The van der Waals surface area contributed by atoms with Crippen LogP contribution in [0.5, 0.6) is 5.75 Å². The smallest absolute Gasteiger partial charge is 0.232 e. The molecule has 0 spiro atoms. The molecule has 9 nitrogen and oxygen atoms in total. The van der Waals surface area contributed by atoms with E-state index in [0.717, 1.165) is 29.5 Å². The largest absolute Gasteiger partial charge is 0.493 e. The summed E-state index contributed by atoms with van der Waals surface area (Å²) in [6.45, 7) is 4.76. The van der Waals surface area contributed by atoms with Crippen LogP contribution in [-0.4, -0.2) is 58.9 Å². The molecule has 9 heteroatoms. The first-order valence-electron chi connectivity index (χ1n) is 13.4. The lowest BCUT2D eigenvalue weighted by Gasteiger charge is -2.47. The Bertz CT molecular complexity index is 1180. The molecule has 5 atom stereocenters. The van der Waals surface area contributed by atoms with E-state index in [1.54, 1.807) is 19.2 Å². The third-order valence-electron chi connectivity index (χ3n) is 8.50. The number of rotatable bonds is 8. The fourth-order valence-electron chi connectivity index (χ4n) is 6.21. The molecule has 1 amide bonds. The van der Waals surface area contributed by atoms with Crippen molar-refractivity contribution in [2.75, 3.05) is 20.3 Å². The highest BCUT2D eigenvalue weighted by Crippen LogP contribution is 2.43. The number of carbonyl (C=O) groups is 1. The fraction of sp³-hybridized carbons (Fsp3) is 0.517. The van der Waals surface area contributed by atoms with Crippen molar-refractivity contribution < 1.29 is 24.5 Å². The first-order chi connectivity index (χ1) is 18.3. The molecule has 0 radical (unpaired) electrons. The van der Waals surface area contributed by atoms with E-state index in [1.165, 1.54) is 4.90 Å². The molecule has 0 aromatic heterocycles. The van der Waals surface area contributed by atoms with Crippen LogP contribution in [0.1, 0.15) is 73.7 Å². The van der Waals surface area contributed by atoms with Gasteiger partial charge in [-0.3, -0.25) is 20.4 Å². The van der Waals surface area contributed by atoms with Gasteiger partial charge in [-0.05, 0) is 41.7 Å². The van der Waals surface area contributed by atoms with Gasteiger partial charge in [-0.15, -0.1) is 0 Å². The van der Waals surface area contributed by atoms with Crippen molar-refractivity contribution in [3.63, 3.8) is 0 Å². The van der Waals surface area contributed by atoms with E-state index < -0.39 is 30.0 Å². The van der Waals surface area contributed by atoms with Gasteiger partial charge in [0, 0.05) is 30.6 Å². The van der Waals surface area contributed by atoms with Crippen LogP contribution in [0.3, 0.4) is 0 Å². The summed E-state index contributed by atoms with van der Waals surface area (Å²) >= 11 is 0. The minimum absolute atomic E-state index is 0.0821. The molecule has 5 rings (SSSR count). The molecule has 2 aliphatic heterocycles. The highest BCUT2D eigenvalue weighted by atomic mass is 16.5. The molecule has 2 aromatic rings. The Morgan fingerprint density at radius 3 is 2.71 bits per heavy atom. The summed E-state index contributed by atoms with van der Waals surface area (Å²) in [5.74, 6) is 0.399. The molecule has 2 aromatic carbocycles. The normalized spacial score (nSPS) is 26.8. The number of amides is 1. The maximum Gasteiger partial charge on any atom is 0.232 e. The van der Waals surface area contributed by atoms with Crippen LogP contribution in [-0.2, 0) is 16.0 Å². The number of nitrogens with zero attached hydrogens (tertiary/aromatic N) is 1. The van der Waals surface area contributed by atoms with Crippen LogP contribution in [0.25, 0.3) is 0 Å². The molecule has 1 saturated heterocycles. The lowest BCUT2D eigenvalue weighted by atomic mass is 9.83. The number of nitrogens with one attached hydrogen (secondary N) is 3. The van der Waals surface area contributed by atoms with Gasteiger partial charge in [0.25, 0.3) is 0 Å². The average Bonchev–Trinajstić information content (AvgIpc) is 3.23. The van der Waals surface area contributed by atoms with E-state index in [1.807, 2.05) is 44.2 Å². The Balaban J connectivity index is 1.46. The molecule has 0 bridgehead atoms. The lowest BCUT2D eigenvalue weighted by Crippen LogP contribution is -2.63. The van der Waals surface area contributed by atoms with Crippen molar-refractivity contribution in [2.45, 2.75) is 69.5 Å². The summed E-state index contributed by atoms with van der Waals surface area (Å²) in [6.07, 6.45) is 0.624. The molecule has 204 valence electrons. The fourth-order valence-corrected chi connectivity index (χ4v) is 6.21. The molecular weight excluding hydrogens is 484 g/mol. The Labute approximate surface area is 223 Å². The van der Waals surface area contributed by atoms with Crippen LogP contribution >= 0.6 is 0 Å². The molecule has 3 aliphatic rings. The average molecular weight is 523 g/mol. The van der Waals surface area contributed by atoms with Crippen LogP contribution in [0.15, 0.2) is 42.5 Å². The van der Waals surface area contributed by atoms with Gasteiger partial charge in [0.2, 0.25) is 5.91 Å². The Hall–Kier alpha value is -2.98. The van der Waals surface area contributed by atoms with Gasteiger partial charge in [0.15, 0.2) is 5.96 Å². The van der Waals surface area contributed by atoms with Gasteiger partial charge in [-0.25, -0.2) is 0 Å². The number of fused-ring (bicyclic) bond motifs is 2. The Morgan fingerprint density at radius 2 is 2.00 bits per heavy atom. The summed E-state index contributed by atoms with van der Waals surface area (Å²) < 4.78 is 11.5. The minimum Gasteiger partial charge on any atom is -0.493 e. The quantitative estimate of drug-likeness (QED) is 0.337. The van der Waals surface area contributed by atoms with Crippen molar-refractivity contribution >= 4 is 11.9 Å². The summed E-state index contributed by atoms with van der Waals surface area (Å²) in [6, 6.07) is 12.4. The summed E-state index contributed by atoms with van der Waals surface area (Å²) in [5.41, 5.74) is 2.94. The lowest BCUT2D eigenvalue weighted by molar-refractivity contribution is -0.134. The minimum atomic E-state index is -1.06. The van der Waals surface area contributed by atoms with E-state index in [4.69, 9.17) is 14.9 Å². The van der Waals surface area contributed by atoms with Crippen LogP contribution < -0.4 is 15.4 Å². The molecule has 1 fully saturated rings. The molecule has 5 N–H and O–H groups in total. The van der Waals surface area contributed by atoms with Crippen molar-refractivity contribution in [3.8, 4) is 5.75 Å². The first-order valence-corrected chi connectivity index (χ1v) is 13.4. The van der Waals surface area contributed by atoms with E-state index in [9.17, 15) is 15.0 Å². The second-order valence-electron chi connectivity index (χ2n) is 10.7. The number of methoxy groups -OCH3 is 1. The van der Waals surface area contributed by atoms with Gasteiger partial charge >= 0.3 is 0 Å². The number of aliphatic hydroxyl groups is 2. The maximum absolute atomic E-state index is 13.6. The summed E-state index contributed by atoms with van der Waals surface area (Å²) in [7, 11) is 1.61. The van der Waals surface area contributed by atoms with Gasteiger partial charge in [0.05, 0.1) is 37.8 Å². The Kier molecular flexibility index (Phi) is 7.46. The first kappa shape index (κ1) is 26.6. The van der Waals surface area contributed by atoms with Crippen LogP contribution in [0.2, 0.25) is 0 Å². The molecule has 1 aliphatic carbocycles. The van der Waals surface area contributed by atoms with E-state index in [0.29, 0.717) is 37.4 Å². The number of hydrogen-bond acceptors (Lipinski definition) is 7. The molecular formula is C29H38N4O5. The predicted octanol–water partition coefficient (Wildman–Crippen LogP) is 2.94. The van der Waals surface area contributed by atoms with Crippen LogP contribution in [0.4, 0.5) is 0 Å². The second-order valence-corrected chi connectivity index (χ2v) is 10.7. The third-order valence-corrected chi connectivity index (χ3v) is 8.50. The van der Waals surface area contributed by atoms with Crippen molar-refractivity contribution in [1.82, 2.24) is 15.5 Å². The highest BCUT2D eigenvalue weighted by Gasteiger charge is 2.46. The number of benzene rings is 2. The molecule has 0 saturated carbocycles.